The molecule has 0 fully saturated rings. The molecule has 14 heavy (non-hydrogen) atoms. The van der Waals surface area contributed by atoms with Crippen LogP contribution in [0.1, 0.15) is 0 Å². The van der Waals surface area contributed by atoms with Crippen LogP contribution in [-0.2, 0) is 0 Å². The van der Waals surface area contributed by atoms with Gasteiger partial charge in [-0.15, -0.1) is 0 Å². The van der Waals surface area contributed by atoms with Crippen LogP contribution in [0.3, 0.4) is 0 Å². The molecule has 0 spiro atoms. The van der Waals surface area contributed by atoms with E-state index in [4.69, 9.17) is 23.2 Å². The lowest BCUT2D eigenvalue weighted by Gasteiger charge is -2.05. The van der Waals surface area contributed by atoms with Gasteiger partial charge in [-0.05, 0) is 34.7 Å². The van der Waals surface area contributed by atoms with Crippen LogP contribution in [0.5, 0.6) is 0 Å². The van der Waals surface area contributed by atoms with Crippen molar-refractivity contribution in [1.82, 2.24) is 4.98 Å². The van der Waals surface area contributed by atoms with Crippen LogP contribution in [-0.4, -0.2) is 4.98 Å². The number of aromatic nitrogens is 1. The van der Waals surface area contributed by atoms with Crippen LogP contribution >= 0.6 is 61.7 Å². The SMILES string of the molecule is Clc1ccc(Br)c2c(Cl)c(I)cnc12. The first-order chi connectivity index (χ1) is 6.61. The molecule has 0 N–H and O–H groups in total. The highest BCUT2D eigenvalue weighted by molar-refractivity contribution is 14.1. The normalized spacial score (nSPS) is 10.9. The van der Waals surface area contributed by atoms with Crippen LogP contribution in [0.15, 0.2) is 22.8 Å². The number of nitrogens with zero attached hydrogens (tertiary/aromatic N) is 1. The van der Waals surface area contributed by atoms with Gasteiger partial charge in [0.2, 0.25) is 0 Å². The number of fused-ring (bicyclic) bond motifs is 1. The fourth-order valence-electron chi connectivity index (χ4n) is 1.17. The summed E-state index contributed by atoms with van der Waals surface area (Å²) in [5, 5.41) is 2.16. The van der Waals surface area contributed by atoms with Gasteiger partial charge in [-0.3, -0.25) is 4.98 Å². The third kappa shape index (κ3) is 1.75. The number of hydrogen-bond acceptors (Lipinski definition) is 1. The fraction of sp³-hybridized carbons (Fsp3) is 0. The maximum atomic E-state index is 6.17. The van der Waals surface area contributed by atoms with Crippen molar-refractivity contribution in [3.05, 3.63) is 36.4 Å². The van der Waals surface area contributed by atoms with Crippen molar-refractivity contribution in [3.63, 3.8) is 0 Å². The molecule has 0 aliphatic carbocycles. The number of pyridine rings is 1. The Morgan fingerprint density at radius 2 is 2.00 bits per heavy atom. The fourth-order valence-corrected chi connectivity index (χ4v) is 2.66. The Bertz CT molecular complexity index is 516. The Hall–Kier alpha value is 0.420. The molecule has 2 rings (SSSR count). The summed E-state index contributed by atoms with van der Waals surface area (Å²) in [6.07, 6.45) is 1.71. The summed E-state index contributed by atoms with van der Waals surface area (Å²) in [5.41, 5.74) is 0.728. The third-order valence-corrected chi connectivity index (χ3v) is 4.31. The summed E-state index contributed by atoms with van der Waals surface area (Å²) in [6, 6.07) is 3.67. The van der Waals surface area contributed by atoms with E-state index < -0.39 is 0 Å². The van der Waals surface area contributed by atoms with E-state index in [9.17, 15) is 0 Å². The molecule has 0 unspecified atom stereocenters. The molecule has 0 aliphatic heterocycles. The zero-order chi connectivity index (χ0) is 10.3. The van der Waals surface area contributed by atoms with Gasteiger partial charge < -0.3 is 0 Å². The van der Waals surface area contributed by atoms with Gasteiger partial charge in [-0.2, -0.15) is 0 Å². The van der Waals surface area contributed by atoms with E-state index in [1.54, 1.807) is 12.3 Å². The maximum absolute atomic E-state index is 6.17. The lowest BCUT2D eigenvalue weighted by Crippen LogP contribution is -1.86. The highest BCUT2D eigenvalue weighted by Gasteiger charge is 2.10. The van der Waals surface area contributed by atoms with Crippen LogP contribution < -0.4 is 0 Å². The number of hydrogen-bond donors (Lipinski definition) is 0. The van der Waals surface area contributed by atoms with Crippen LogP contribution in [0, 0.1) is 3.57 Å². The Morgan fingerprint density at radius 3 is 2.71 bits per heavy atom. The maximum Gasteiger partial charge on any atom is 0.0915 e. The quantitative estimate of drug-likeness (QED) is 0.571. The minimum atomic E-state index is 0.613. The van der Waals surface area contributed by atoms with Gasteiger partial charge in [0.05, 0.1) is 19.1 Å². The molecular formula is C9H3BrCl2IN. The molecule has 1 nitrogen and oxygen atoms in total. The zero-order valence-electron chi connectivity index (χ0n) is 6.69. The largest absolute Gasteiger partial charge is 0.253 e. The molecule has 0 amide bonds. The van der Waals surface area contributed by atoms with E-state index in [0.717, 1.165) is 18.9 Å². The van der Waals surface area contributed by atoms with E-state index in [1.807, 2.05) is 6.07 Å². The number of benzene rings is 1. The van der Waals surface area contributed by atoms with Crippen molar-refractivity contribution >= 4 is 72.6 Å². The summed E-state index contributed by atoms with van der Waals surface area (Å²) in [4.78, 5) is 4.25. The molecular weight excluding hydrogens is 400 g/mol. The van der Waals surface area contributed by atoms with Crippen molar-refractivity contribution < 1.29 is 0 Å². The van der Waals surface area contributed by atoms with E-state index in [0.29, 0.717) is 10.0 Å². The third-order valence-electron chi connectivity index (χ3n) is 1.81. The first-order valence-electron chi connectivity index (χ1n) is 3.69. The average Bonchev–Trinajstić information content (AvgIpc) is 2.16. The first-order valence-corrected chi connectivity index (χ1v) is 6.31. The van der Waals surface area contributed by atoms with Crippen molar-refractivity contribution in [2.45, 2.75) is 0 Å². The molecule has 0 saturated carbocycles. The zero-order valence-corrected chi connectivity index (χ0v) is 11.9. The monoisotopic (exact) mass is 401 g/mol. The first kappa shape index (κ1) is 10.9. The molecule has 0 bridgehead atoms. The van der Waals surface area contributed by atoms with Gasteiger partial charge in [-0.25, -0.2) is 0 Å². The minimum absolute atomic E-state index is 0.613. The summed E-state index contributed by atoms with van der Waals surface area (Å²) in [7, 11) is 0. The average molecular weight is 403 g/mol. The van der Waals surface area contributed by atoms with E-state index in [-0.39, 0.29) is 0 Å². The standard InChI is InChI=1S/C9H3BrCl2IN/c10-4-1-2-5(11)9-7(4)8(12)6(13)3-14-9/h1-3H. The van der Waals surface area contributed by atoms with E-state index in [1.165, 1.54) is 0 Å². The van der Waals surface area contributed by atoms with Crippen molar-refractivity contribution in [3.8, 4) is 0 Å². The summed E-state index contributed by atoms with van der Waals surface area (Å²) >= 11 is 17.7. The summed E-state index contributed by atoms with van der Waals surface area (Å²) < 4.78 is 1.83. The Labute approximate surface area is 113 Å². The summed E-state index contributed by atoms with van der Waals surface area (Å²) in [6.45, 7) is 0. The second-order valence-electron chi connectivity index (χ2n) is 2.67. The number of halogens is 4. The molecule has 72 valence electrons. The van der Waals surface area contributed by atoms with Crippen molar-refractivity contribution in [1.29, 1.82) is 0 Å². The molecule has 0 radical (unpaired) electrons. The van der Waals surface area contributed by atoms with E-state index >= 15 is 0 Å². The second-order valence-corrected chi connectivity index (χ2v) is 5.47. The molecule has 0 saturated heterocycles. The van der Waals surface area contributed by atoms with Gasteiger partial charge in [0.25, 0.3) is 0 Å². The highest BCUT2D eigenvalue weighted by atomic mass is 127. The molecule has 1 aromatic heterocycles. The predicted molar refractivity (Wildman–Crippen MR) is 72.2 cm³/mol. The predicted octanol–water partition coefficient (Wildman–Crippen LogP) is 4.91. The van der Waals surface area contributed by atoms with Crippen molar-refractivity contribution in [2.75, 3.05) is 0 Å². The Balaban J connectivity index is 3.01. The number of rotatable bonds is 0. The molecule has 1 aromatic carbocycles. The smallest absolute Gasteiger partial charge is 0.0915 e. The van der Waals surface area contributed by atoms with Gasteiger partial charge in [-0.1, -0.05) is 39.1 Å². The van der Waals surface area contributed by atoms with Crippen LogP contribution in [0.4, 0.5) is 0 Å². The lowest BCUT2D eigenvalue weighted by atomic mass is 10.2. The van der Waals surface area contributed by atoms with Gasteiger partial charge in [0.15, 0.2) is 0 Å². The lowest BCUT2D eigenvalue weighted by molar-refractivity contribution is 1.38. The second kappa shape index (κ2) is 4.12. The van der Waals surface area contributed by atoms with E-state index in [2.05, 4.69) is 43.5 Å². The van der Waals surface area contributed by atoms with Gasteiger partial charge >= 0.3 is 0 Å². The van der Waals surface area contributed by atoms with Crippen molar-refractivity contribution in [2.24, 2.45) is 0 Å². The topological polar surface area (TPSA) is 12.9 Å². The molecule has 0 atom stereocenters. The Morgan fingerprint density at radius 1 is 1.29 bits per heavy atom. The highest BCUT2D eigenvalue weighted by Crippen LogP contribution is 2.35. The molecule has 2 aromatic rings. The van der Waals surface area contributed by atoms with Gasteiger partial charge in [0, 0.05) is 16.1 Å². The van der Waals surface area contributed by atoms with Crippen LogP contribution in [0.25, 0.3) is 10.9 Å². The van der Waals surface area contributed by atoms with Gasteiger partial charge in [0.1, 0.15) is 0 Å². The summed E-state index contributed by atoms with van der Waals surface area (Å²) in [5.74, 6) is 0. The molecule has 5 heteroatoms. The minimum Gasteiger partial charge on any atom is -0.253 e. The van der Waals surface area contributed by atoms with Crippen LogP contribution in [0.2, 0.25) is 10.0 Å². The molecule has 1 heterocycles. The Kier molecular flexibility index (Phi) is 3.21. The molecule has 0 aliphatic rings.